The largest absolute Gasteiger partial charge is 0.379 e. The standard InChI is InChI=1S/C23H26N6O2/c1-17-14-21(29-20-5-3-2-4-19(20)25-23(29)18(17)15-24)27-6-8-28(9-7-27)22(30)16-26-10-12-31-13-11-26/h2-5,14H,6-13,16H2,1H3. The summed E-state index contributed by atoms with van der Waals surface area (Å²) in [5, 5.41) is 9.70. The van der Waals surface area contributed by atoms with Crippen LogP contribution in [0.5, 0.6) is 0 Å². The van der Waals surface area contributed by atoms with Crippen LogP contribution in [0, 0.1) is 18.3 Å². The maximum absolute atomic E-state index is 12.8. The molecule has 2 aliphatic heterocycles. The second-order valence-corrected chi connectivity index (χ2v) is 8.19. The van der Waals surface area contributed by atoms with Crippen molar-refractivity contribution < 1.29 is 9.53 Å². The molecule has 0 unspecified atom stereocenters. The number of hydrogen-bond donors (Lipinski definition) is 0. The zero-order valence-electron chi connectivity index (χ0n) is 17.8. The van der Waals surface area contributed by atoms with Crippen LogP contribution in [0.3, 0.4) is 0 Å². The van der Waals surface area contributed by atoms with Gasteiger partial charge in [-0.3, -0.25) is 14.1 Å². The minimum atomic E-state index is 0.191. The van der Waals surface area contributed by atoms with Crippen molar-refractivity contribution in [3.63, 3.8) is 0 Å². The third-order valence-electron chi connectivity index (χ3n) is 6.28. The van der Waals surface area contributed by atoms with Crippen LogP contribution in [-0.4, -0.2) is 84.1 Å². The summed E-state index contributed by atoms with van der Waals surface area (Å²) in [4.78, 5) is 23.9. The zero-order valence-corrected chi connectivity index (χ0v) is 17.8. The molecule has 0 atom stereocenters. The Bertz CT molecular complexity index is 1170. The lowest BCUT2D eigenvalue weighted by Crippen LogP contribution is -2.52. The first-order valence-corrected chi connectivity index (χ1v) is 10.8. The van der Waals surface area contributed by atoms with Gasteiger partial charge < -0.3 is 14.5 Å². The lowest BCUT2D eigenvalue weighted by Gasteiger charge is -2.37. The monoisotopic (exact) mass is 418 g/mol. The topological polar surface area (TPSA) is 77.1 Å². The van der Waals surface area contributed by atoms with Crippen molar-refractivity contribution >= 4 is 28.4 Å². The van der Waals surface area contributed by atoms with Gasteiger partial charge in [-0.15, -0.1) is 0 Å². The van der Waals surface area contributed by atoms with Gasteiger partial charge in [0.25, 0.3) is 0 Å². The number of piperazine rings is 1. The number of benzene rings is 1. The number of nitriles is 1. The Hall–Kier alpha value is -3.15. The lowest BCUT2D eigenvalue weighted by molar-refractivity contribution is -0.133. The first-order valence-electron chi connectivity index (χ1n) is 10.8. The molecule has 3 aromatic rings. The first-order chi connectivity index (χ1) is 15.2. The number of nitrogens with zero attached hydrogens (tertiary/aromatic N) is 6. The zero-order chi connectivity index (χ0) is 21.4. The SMILES string of the molecule is Cc1cc(N2CCN(C(=O)CN3CCOCC3)CC2)n2c(nc3ccccc32)c1C#N. The Morgan fingerprint density at radius 3 is 2.61 bits per heavy atom. The number of rotatable bonds is 3. The number of morpholine rings is 1. The molecule has 5 rings (SSSR count). The van der Waals surface area contributed by atoms with Gasteiger partial charge >= 0.3 is 0 Å². The Morgan fingerprint density at radius 1 is 1.13 bits per heavy atom. The molecule has 2 fully saturated rings. The van der Waals surface area contributed by atoms with Gasteiger partial charge in [-0.25, -0.2) is 4.98 Å². The van der Waals surface area contributed by atoms with Crippen molar-refractivity contribution in [2.45, 2.75) is 6.92 Å². The summed E-state index contributed by atoms with van der Waals surface area (Å²) in [6.07, 6.45) is 0. The van der Waals surface area contributed by atoms with E-state index >= 15 is 0 Å². The molecule has 0 radical (unpaired) electrons. The van der Waals surface area contributed by atoms with Gasteiger partial charge in [0.1, 0.15) is 11.9 Å². The van der Waals surface area contributed by atoms with Crippen molar-refractivity contribution in [3.05, 3.63) is 41.5 Å². The van der Waals surface area contributed by atoms with E-state index in [4.69, 9.17) is 9.72 Å². The Kier molecular flexibility index (Phi) is 5.22. The summed E-state index contributed by atoms with van der Waals surface area (Å²) < 4.78 is 7.46. The summed E-state index contributed by atoms with van der Waals surface area (Å²) in [5.74, 6) is 1.22. The van der Waals surface area contributed by atoms with Crippen molar-refractivity contribution in [1.29, 1.82) is 5.26 Å². The first kappa shape index (κ1) is 19.8. The number of aryl methyl sites for hydroxylation is 1. The predicted molar refractivity (Wildman–Crippen MR) is 118 cm³/mol. The number of aromatic nitrogens is 2. The minimum absolute atomic E-state index is 0.191. The van der Waals surface area contributed by atoms with Crippen molar-refractivity contribution in [2.24, 2.45) is 0 Å². The van der Waals surface area contributed by atoms with Crippen molar-refractivity contribution in [1.82, 2.24) is 19.2 Å². The maximum atomic E-state index is 12.8. The molecule has 1 amide bonds. The predicted octanol–water partition coefficient (Wildman–Crippen LogP) is 1.65. The van der Waals surface area contributed by atoms with E-state index in [1.807, 2.05) is 36.1 Å². The van der Waals surface area contributed by atoms with Crippen LogP contribution >= 0.6 is 0 Å². The number of pyridine rings is 1. The van der Waals surface area contributed by atoms with Crippen LogP contribution in [0.1, 0.15) is 11.1 Å². The molecule has 160 valence electrons. The number of amides is 1. The van der Waals surface area contributed by atoms with Gasteiger partial charge in [0.2, 0.25) is 5.91 Å². The van der Waals surface area contributed by atoms with E-state index in [0.717, 1.165) is 48.6 Å². The fourth-order valence-electron chi connectivity index (χ4n) is 4.54. The van der Waals surface area contributed by atoms with Crippen LogP contribution in [0.15, 0.2) is 30.3 Å². The molecule has 2 saturated heterocycles. The van der Waals surface area contributed by atoms with Crippen LogP contribution in [0.25, 0.3) is 16.7 Å². The molecule has 0 bridgehead atoms. The van der Waals surface area contributed by atoms with Gasteiger partial charge in [0, 0.05) is 39.3 Å². The molecular weight excluding hydrogens is 392 g/mol. The number of para-hydroxylation sites is 2. The summed E-state index contributed by atoms with van der Waals surface area (Å²) in [5.41, 5.74) is 4.11. The Morgan fingerprint density at radius 2 is 1.87 bits per heavy atom. The molecule has 8 nitrogen and oxygen atoms in total. The molecule has 0 N–H and O–H groups in total. The molecule has 0 spiro atoms. The summed E-state index contributed by atoms with van der Waals surface area (Å²) in [6.45, 7) is 8.36. The van der Waals surface area contributed by atoms with Crippen LogP contribution in [0.2, 0.25) is 0 Å². The quantitative estimate of drug-likeness (QED) is 0.644. The molecule has 0 aliphatic carbocycles. The highest BCUT2D eigenvalue weighted by molar-refractivity contribution is 5.85. The smallest absolute Gasteiger partial charge is 0.236 e. The molecule has 31 heavy (non-hydrogen) atoms. The van der Waals surface area contributed by atoms with Crippen LogP contribution in [0.4, 0.5) is 5.82 Å². The number of anilines is 1. The number of imidazole rings is 1. The van der Waals surface area contributed by atoms with E-state index in [-0.39, 0.29) is 5.91 Å². The summed E-state index contributed by atoms with van der Waals surface area (Å²) >= 11 is 0. The normalized spacial score (nSPS) is 17.9. The second kappa shape index (κ2) is 8.17. The average molecular weight is 419 g/mol. The van der Waals surface area contributed by atoms with E-state index in [1.54, 1.807) is 0 Å². The molecule has 4 heterocycles. The highest BCUT2D eigenvalue weighted by Crippen LogP contribution is 2.29. The fraction of sp³-hybridized carbons (Fsp3) is 0.435. The highest BCUT2D eigenvalue weighted by Gasteiger charge is 2.26. The van der Waals surface area contributed by atoms with Gasteiger partial charge in [-0.2, -0.15) is 5.26 Å². The van der Waals surface area contributed by atoms with Crippen molar-refractivity contribution in [3.8, 4) is 6.07 Å². The number of carbonyl (C=O) groups excluding carboxylic acids is 1. The third kappa shape index (κ3) is 3.60. The van der Waals surface area contributed by atoms with Gasteiger partial charge in [0.05, 0.1) is 36.4 Å². The molecule has 8 heteroatoms. The fourth-order valence-corrected chi connectivity index (χ4v) is 4.54. The number of ether oxygens (including phenoxy) is 1. The molecule has 2 aromatic heterocycles. The molecule has 2 aliphatic rings. The summed E-state index contributed by atoms with van der Waals surface area (Å²) in [6, 6.07) is 12.4. The molecular formula is C23H26N6O2. The molecule has 0 saturated carbocycles. The lowest BCUT2D eigenvalue weighted by atomic mass is 10.1. The van der Waals surface area contributed by atoms with Crippen molar-refractivity contribution in [2.75, 3.05) is 63.9 Å². The van der Waals surface area contributed by atoms with E-state index in [0.29, 0.717) is 44.1 Å². The maximum Gasteiger partial charge on any atom is 0.236 e. The third-order valence-corrected chi connectivity index (χ3v) is 6.28. The van der Waals surface area contributed by atoms with E-state index < -0.39 is 0 Å². The summed E-state index contributed by atoms with van der Waals surface area (Å²) in [7, 11) is 0. The van der Waals surface area contributed by atoms with E-state index in [9.17, 15) is 10.1 Å². The second-order valence-electron chi connectivity index (χ2n) is 8.19. The van der Waals surface area contributed by atoms with Crippen LogP contribution < -0.4 is 4.90 Å². The number of carbonyl (C=O) groups is 1. The highest BCUT2D eigenvalue weighted by atomic mass is 16.5. The average Bonchev–Trinajstić information content (AvgIpc) is 3.18. The van der Waals surface area contributed by atoms with Crippen LogP contribution in [-0.2, 0) is 9.53 Å². The van der Waals surface area contributed by atoms with Gasteiger partial charge in [-0.05, 0) is 30.7 Å². The number of fused-ring (bicyclic) bond motifs is 3. The van der Waals surface area contributed by atoms with Gasteiger partial charge in [0.15, 0.2) is 5.65 Å². The van der Waals surface area contributed by atoms with Gasteiger partial charge in [-0.1, -0.05) is 12.1 Å². The Balaban J connectivity index is 1.40. The van der Waals surface area contributed by atoms with E-state index in [1.165, 1.54) is 0 Å². The molecule has 1 aromatic carbocycles. The minimum Gasteiger partial charge on any atom is -0.379 e. The van der Waals surface area contributed by atoms with E-state index in [2.05, 4.69) is 26.3 Å². The Labute approximate surface area is 181 Å². The number of hydrogen-bond acceptors (Lipinski definition) is 6.